The number of nitriles is 1. The second-order valence-corrected chi connectivity index (χ2v) is 15.4. The predicted octanol–water partition coefficient (Wildman–Crippen LogP) is 4.57. The molecule has 40 heavy (non-hydrogen) atoms. The summed E-state index contributed by atoms with van der Waals surface area (Å²) < 4.78 is 0. The minimum absolute atomic E-state index is 0.0272. The fraction of sp³-hybridized carbons (Fsp3) is 0.758. The van der Waals surface area contributed by atoms with Crippen molar-refractivity contribution in [1.82, 2.24) is 5.32 Å². The summed E-state index contributed by atoms with van der Waals surface area (Å²) in [4.78, 5) is 40.2. The molecule has 0 heterocycles. The van der Waals surface area contributed by atoms with Crippen molar-refractivity contribution in [3.05, 3.63) is 23.3 Å². The van der Waals surface area contributed by atoms with Crippen LogP contribution >= 0.6 is 0 Å². The highest BCUT2D eigenvalue weighted by molar-refractivity contribution is 6.05. The van der Waals surface area contributed by atoms with E-state index in [0.29, 0.717) is 12.8 Å². The quantitative estimate of drug-likeness (QED) is 0.472. The Labute approximate surface area is 238 Å². The van der Waals surface area contributed by atoms with Gasteiger partial charge in [0.05, 0.1) is 12.2 Å². The molecule has 0 aromatic carbocycles. The zero-order chi connectivity index (χ0) is 29.7. The number of carbonyl (C=O) groups is 3. The lowest BCUT2D eigenvalue weighted by Gasteiger charge is -2.71. The van der Waals surface area contributed by atoms with E-state index in [-0.39, 0.29) is 53.3 Å². The van der Waals surface area contributed by atoms with E-state index in [2.05, 4.69) is 39.1 Å². The number of amides is 1. The second kappa shape index (κ2) is 8.61. The number of carbonyl (C=O) groups excluding carboxylic acids is 3. The van der Waals surface area contributed by atoms with Crippen molar-refractivity contribution in [3.8, 4) is 6.07 Å². The number of hydrogen-bond acceptors (Lipinski definition) is 6. The van der Waals surface area contributed by atoms with Gasteiger partial charge in [-0.15, -0.1) is 0 Å². The number of rotatable bonds is 3. The normalized spacial score (nSPS) is 47.4. The van der Waals surface area contributed by atoms with Crippen molar-refractivity contribution >= 4 is 17.5 Å². The fourth-order valence-corrected chi connectivity index (χ4v) is 10.4. The number of fused-ring (bicyclic) bond motifs is 7. The fourth-order valence-electron chi connectivity index (χ4n) is 10.4. The minimum Gasteiger partial charge on any atom is -0.396 e. The molecular weight excluding hydrogens is 504 g/mol. The molecule has 0 aliphatic heterocycles. The number of allylic oxidation sites excluding steroid dienone is 3. The Balaban J connectivity index is 1.65. The number of aliphatic hydroxyl groups excluding tert-OH is 1. The topological polar surface area (TPSA) is 127 Å². The van der Waals surface area contributed by atoms with Gasteiger partial charge >= 0.3 is 0 Å². The van der Waals surface area contributed by atoms with Gasteiger partial charge in [-0.3, -0.25) is 14.4 Å². The van der Waals surface area contributed by atoms with Gasteiger partial charge in [-0.1, -0.05) is 47.6 Å². The predicted molar refractivity (Wildman–Crippen MR) is 151 cm³/mol. The van der Waals surface area contributed by atoms with Gasteiger partial charge in [-0.05, 0) is 80.3 Å². The van der Waals surface area contributed by atoms with Gasteiger partial charge in [-0.25, -0.2) is 0 Å². The van der Waals surface area contributed by atoms with E-state index in [0.717, 1.165) is 37.7 Å². The van der Waals surface area contributed by atoms with E-state index < -0.39 is 32.8 Å². The molecule has 5 aliphatic rings. The third-order valence-electron chi connectivity index (χ3n) is 13.0. The molecule has 7 nitrogen and oxygen atoms in total. The number of ketones is 2. The number of nitrogens with zero attached hydrogens (tertiary/aromatic N) is 1. The number of aliphatic hydroxyl groups is 2. The maximum Gasteiger partial charge on any atom is 0.222 e. The van der Waals surface area contributed by atoms with Gasteiger partial charge in [0.2, 0.25) is 5.91 Å². The Bertz CT molecular complexity index is 1290. The molecule has 0 unspecified atom stereocenters. The molecule has 3 fully saturated rings. The molecule has 218 valence electrons. The average molecular weight is 551 g/mol. The van der Waals surface area contributed by atoms with Crippen LogP contribution in [0.25, 0.3) is 0 Å². The summed E-state index contributed by atoms with van der Waals surface area (Å²) in [5.74, 6) is -1.05. The second-order valence-electron chi connectivity index (χ2n) is 15.4. The smallest absolute Gasteiger partial charge is 0.222 e. The highest BCUT2D eigenvalue weighted by Crippen LogP contribution is 2.75. The minimum atomic E-state index is -1.62. The van der Waals surface area contributed by atoms with Crippen LogP contribution in [0.2, 0.25) is 0 Å². The molecule has 0 spiro atoms. The molecule has 5 rings (SSSR count). The highest BCUT2D eigenvalue weighted by atomic mass is 16.3. The summed E-state index contributed by atoms with van der Waals surface area (Å²) in [6.45, 7) is 14.2. The maximum absolute atomic E-state index is 14.5. The summed E-state index contributed by atoms with van der Waals surface area (Å²) in [7, 11) is 0. The van der Waals surface area contributed by atoms with Gasteiger partial charge < -0.3 is 15.5 Å². The molecule has 0 saturated heterocycles. The summed E-state index contributed by atoms with van der Waals surface area (Å²) in [5, 5.41) is 35.2. The average Bonchev–Trinajstić information content (AvgIpc) is 2.87. The van der Waals surface area contributed by atoms with Crippen LogP contribution in [-0.4, -0.2) is 45.4 Å². The number of hydrogen-bond donors (Lipinski definition) is 3. The molecule has 0 aromatic heterocycles. The van der Waals surface area contributed by atoms with Crippen molar-refractivity contribution in [3.63, 3.8) is 0 Å². The zero-order valence-electron chi connectivity index (χ0n) is 25.2. The highest BCUT2D eigenvalue weighted by Gasteiger charge is 2.75. The molecule has 1 amide bonds. The number of nitrogens with one attached hydrogen (secondary N) is 1. The molecular formula is C33H46N2O5. The first-order valence-electron chi connectivity index (χ1n) is 15.0. The van der Waals surface area contributed by atoms with Gasteiger partial charge in [0.25, 0.3) is 0 Å². The van der Waals surface area contributed by atoms with Crippen LogP contribution in [0.4, 0.5) is 0 Å². The van der Waals surface area contributed by atoms with E-state index in [1.165, 1.54) is 0 Å². The molecule has 8 atom stereocenters. The Morgan fingerprint density at radius 3 is 2.30 bits per heavy atom. The third kappa shape index (κ3) is 3.45. The first-order valence-corrected chi connectivity index (χ1v) is 15.0. The summed E-state index contributed by atoms with van der Waals surface area (Å²) in [6, 6.07) is 2.14. The van der Waals surface area contributed by atoms with Crippen molar-refractivity contribution in [2.24, 2.45) is 38.9 Å². The summed E-state index contributed by atoms with van der Waals surface area (Å²) in [5.41, 5.74) is -4.04. The van der Waals surface area contributed by atoms with Crippen molar-refractivity contribution in [2.45, 2.75) is 111 Å². The maximum atomic E-state index is 14.5. The van der Waals surface area contributed by atoms with Crippen LogP contribution in [0.3, 0.4) is 0 Å². The molecule has 3 N–H and O–H groups in total. The molecule has 5 aliphatic carbocycles. The Morgan fingerprint density at radius 1 is 1.02 bits per heavy atom. The summed E-state index contributed by atoms with van der Waals surface area (Å²) >= 11 is 0. The standard InChI is InChI=1S/C33H46N2O5/c1-27(2)21-8-10-31(6)22(30(21,5)17-20(19-34)26(27)39)16-24(37)33(40)23-18-29(4,35-25(38)9-15-36)13-11-28(23,3)12-14-32(31,33)7/h16-17,21,23,36,40H,8-15,18H2,1-7H3,(H,35,38)/t21-,23+,28+,29-,30-,31+,32-,33+/m0/s1. The first-order chi connectivity index (χ1) is 18.4. The van der Waals surface area contributed by atoms with Crippen LogP contribution in [0.1, 0.15) is 99.8 Å². The van der Waals surface area contributed by atoms with Crippen LogP contribution in [-0.2, 0) is 14.4 Å². The zero-order valence-corrected chi connectivity index (χ0v) is 25.2. The van der Waals surface area contributed by atoms with Gasteiger partial charge in [0.1, 0.15) is 11.7 Å². The van der Waals surface area contributed by atoms with Crippen LogP contribution in [0.15, 0.2) is 23.3 Å². The van der Waals surface area contributed by atoms with Crippen molar-refractivity contribution in [2.75, 3.05) is 6.61 Å². The van der Waals surface area contributed by atoms with Crippen LogP contribution in [0.5, 0.6) is 0 Å². The van der Waals surface area contributed by atoms with Crippen LogP contribution in [0, 0.1) is 50.2 Å². The molecule has 0 bridgehead atoms. The number of Topliss-reactive ketones (excluding diaryl/α,β-unsaturated/α-hetero) is 1. The Morgan fingerprint density at radius 2 is 1.68 bits per heavy atom. The third-order valence-corrected chi connectivity index (χ3v) is 13.0. The lowest BCUT2D eigenvalue weighted by molar-refractivity contribution is -0.240. The first kappa shape index (κ1) is 29.2. The lowest BCUT2D eigenvalue weighted by atomic mass is 9.33. The van der Waals surface area contributed by atoms with E-state index in [4.69, 9.17) is 0 Å². The molecule has 7 heteroatoms. The Kier molecular flexibility index (Phi) is 6.29. The molecule has 3 saturated carbocycles. The van der Waals surface area contributed by atoms with Gasteiger partial charge in [-0.2, -0.15) is 5.26 Å². The largest absolute Gasteiger partial charge is 0.396 e. The lowest BCUT2D eigenvalue weighted by Crippen LogP contribution is -2.74. The van der Waals surface area contributed by atoms with Gasteiger partial charge in [0.15, 0.2) is 11.6 Å². The molecule has 0 radical (unpaired) electrons. The summed E-state index contributed by atoms with van der Waals surface area (Å²) in [6.07, 6.45) is 8.62. The van der Waals surface area contributed by atoms with Crippen molar-refractivity contribution in [1.29, 1.82) is 5.26 Å². The monoisotopic (exact) mass is 550 g/mol. The molecule has 0 aromatic rings. The Hall–Kier alpha value is -2.30. The van der Waals surface area contributed by atoms with Gasteiger partial charge in [0, 0.05) is 34.1 Å². The van der Waals surface area contributed by atoms with E-state index in [1.54, 1.807) is 6.08 Å². The van der Waals surface area contributed by atoms with Crippen molar-refractivity contribution < 1.29 is 24.6 Å². The SMILES string of the molecule is CC1(C)C(=O)C(C#N)=C[C@]2(C)C3=CC(=O)[C@]4(O)[C@@H]5C[C@@](C)(NC(=O)CCO)CC[C@]5(C)CC[C@@]4(C)[C@]3(C)CC[C@@H]12. The van der Waals surface area contributed by atoms with Crippen LogP contribution < -0.4 is 5.32 Å². The van der Waals surface area contributed by atoms with E-state index in [9.17, 15) is 29.9 Å². The van der Waals surface area contributed by atoms with E-state index in [1.807, 2.05) is 26.8 Å². The van der Waals surface area contributed by atoms with E-state index >= 15 is 0 Å².